The summed E-state index contributed by atoms with van der Waals surface area (Å²) >= 11 is 0. The summed E-state index contributed by atoms with van der Waals surface area (Å²) in [6.45, 7) is 6.22. The van der Waals surface area contributed by atoms with Gasteiger partial charge < -0.3 is 10.2 Å². The number of rotatable bonds is 6. The molecule has 28 heavy (non-hydrogen) atoms. The molecular formula is C23H26FN3O. The minimum absolute atomic E-state index is 0.0936. The van der Waals surface area contributed by atoms with E-state index in [1.165, 1.54) is 12.1 Å². The lowest BCUT2D eigenvalue weighted by atomic mass is 9.80. The van der Waals surface area contributed by atoms with Crippen LogP contribution >= 0.6 is 0 Å². The first-order valence-electron chi connectivity index (χ1n) is 9.68. The fraction of sp³-hybridized carbons (Fsp3) is 0.391. The molecule has 0 unspecified atom stereocenters. The van der Waals surface area contributed by atoms with Crippen LogP contribution < -0.4 is 10.2 Å². The quantitative estimate of drug-likeness (QED) is 0.766. The molecular weight excluding hydrogens is 353 g/mol. The van der Waals surface area contributed by atoms with Crippen molar-refractivity contribution >= 4 is 11.5 Å². The van der Waals surface area contributed by atoms with Crippen molar-refractivity contribution in [3.63, 3.8) is 0 Å². The minimum Gasteiger partial charge on any atom is -0.370 e. The Morgan fingerprint density at radius 1 is 1.21 bits per heavy atom. The Morgan fingerprint density at radius 2 is 1.89 bits per heavy atom. The number of carbonyl (C=O) groups is 1. The van der Waals surface area contributed by atoms with Crippen LogP contribution in [0.5, 0.6) is 0 Å². The number of nitriles is 1. The fourth-order valence-electron chi connectivity index (χ4n) is 3.89. The topological polar surface area (TPSA) is 56.1 Å². The number of nitrogens with zero attached hydrogens (tertiary/aromatic N) is 2. The van der Waals surface area contributed by atoms with Crippen molar-refractivity contribution in [1.29, 1.82) is 5.26 Å². The number of benzene rings is 2. The van der Waals surface area contributed by atoms with Gasteiger partial charge in [0.25, 0.3) is 0 Å². The molecule has 0 spiro atoms. The van der Waals surface area contributed by atoms with Crippen molar-refractivity contribution in [3.8, 4) is 6.07 Å². The van der Waals surface area contributed by atoms with E-state index < -0.39 is 0 Å². The second-order valence-electron chi connectivity index (χ2n) is 7.90. The van der Waals surface area contributed by atoms with Crippen molar-refractivity contribution in [2.75, 3.05) is 24.5 Å². The zero-order valence-corrected chi connectivity index (χ0v) is 16.4. The van der Waals surface area contributed by atoms with Gasteiger partial charge in [0.1, 0.15) is 11.9 Å². The molecule has 0 amide bonds. The van der Waals surface area contributed by atoms with Crippen LogP contribution in [0.4, 0.5) is 10.1 Å². The third-order valence-electron chi connectivity index (χ3n) is 5.74. The second kappa shape index (κ2) is 8.53. The van der Waals surface area contributed by atoms with E-state index in [0.717, 1.165) is 37.2 Å². The number of hydrogen-bond donors (Lipinski definition) is 1. The molecule has 2 aromatic rings. The molecule has 2 aromatic carbocycles. The Kier molecular flexibility index (Phi) is 6.11. The number of ketones is 1. The summed E-state index contributed by atoms with van der Waals surface area (Å²) in [7, 11) is 0. The molecule has 0 radical (unpaired) electrons. The van der Waals surface area contributed by atoms with Crippen LogP contribution in [-0.4, -0.2) is 31.0 Å². The Hall–Kier alpha value is -2.71. The van der Waals surface area contributed by atoms with E-state index in [2.05, 4.69) is 30.1 Å². The summed E-state index contributed by atoms with van der Waals surface area (Å²) in [6, 6.07) is 15.8. The van der Waals surface area contributed by atoms with Crippen molar-refractivity contribution in [1.82, 2.24) is 5.32 Å². The van der Waals surface area contributed by atoms with Gasteiger partial charge in [0.05, 0.1) is 17.8 Å². The van der Waals surface area contributed by atoms with Crippen molar-refractivity contribution < 1.29 is 9.18 Å². The number of piperidine rings is 1. The number of halogens is 1. The van der Waals surface area contributed by atoms with Crippen LogP contribution in [0.25, 0.3) is 0 Å². The van der Waals surface area contributed by atoms with E-state index in [1.54, 1.807) is 6.07 Å². The van der Waals surface area contributed by atoms with E-state index in [1.807, 2.05) is 30.3 Å². The fourth-order valence-corrected chi connectivity index (χ4v) is 3.89. The van der Waals surface area contributed by atoms with Crippen LogP contribution in [0.3, 0.4) is 0 Å². The average Bonchev–Trinajstić information content (AvgIpc) is 2.72. The first-order chi connectivity index (χ1) is 13.4. The van der Waals surface area contributed by atoms with Gasteiger partial charge in [-0.2, -0.15) is 5.26 Å². The lowest BCUT2D eigenvalue weighted by Gasteiger charge is -2.42. The largest absolute Gasteiger partial charge is 0.370 e. The minimum atomic E-state index is -0.386. The summed E-state index contributed by atoms with van der Waals surface area (Å²) in [4.78, 5) is 14.5. The van der Waals surface area contributed by atoms with E-state index >= 15 is 0 Å². The van der Waals surface area contributed by atoms with Crippen LogP contribution in [0.2, 0.25) is 0 Å². The Balaban J connectivity index is 1.58. The average molecular weight is 379 g/mol. The third-order valence-corrected chi connectivity index (χ3v) is 5.74. The van der Waals surface area contributed by atoms with Crippen LogP contribution in [0.15, 0.2) is 48.5 Å². The molecule has 3 rings (SSSR count). The SMILES string of the molecule is CC(C)(NCC(=O)c1ccccc1)C1CCN(c2ccc(F)cc2C#N)CC1. The standard InChI is InChI=1S/C23H26FN3O/c1-23(2,26-16-22(28)17-6-4-3-5-7-17)19-10-12-27(13-11-19)21-9-8-20(24)14-18(21)15-25/h3-9,14,19,26H,10-13,16H2,1-2H3. The number of anilines is 1. The van der Waals surface area contributed by atoms with Crippen LogP contribution in [0.1, 0.15) is 42.6 Å². The van der Waals surface area contributed by atoms with E-state index in [0.29, 0.717) is 18.0 Å². The first-order valence-corrected chi connectivity index (χ1v) is 9.68. The monoisotopic (exact) mass is 379 g/mol. The van der Waals surface area contributed by atoms with E-state index in [-0.39, 0.29) is 17.1 Å². The predicted molar refractivity (Wildman–Crippen MR) is 109 cm³/mol. The Bertz CT molecular complexity index is 865. The molecule has 1 saturated heterocycles. The lowest BCUT2D eigenvalue weighted by Crippen LogP contribution is -2.51. The van der Waals surface area contributed by atoms with Crippen molar-refractivity contribution in [2.45, 2.75) is 32.2 Å². The Morgan fingerprint density at radius 3 is 2.54 bits per heavy atom. The van der Waals surface area contributed by atoms with Crippen molar-refractivity contribution in [2.24, 2.45) is 5.92 Å². The number of carbonyl (C=O) groups excluding carboxylic acids is 1. The highest BCUT2D eigenvalue weighted by Crippen LogP contribution is 2.32. The molecule has 1 aliphatic rings. The summed E-state index contributed by atoms with van der Waals surface area (Å²) in [5.41, 5.74) is 1.73. The molecule has 1 N–H and O–H groups in total. The molecule has 0 aromatic heterocycles. The van der Waals surface area contributed by atoms with Gasteiger partial charge in [-0.1, -0.05) is 30.3 Å². The number of nitrogens with one attached hydrogen (secondary N) is 1. The summed E-state index contributed by atoms with van der Waals surface area (Å²) in [5.74, 6) is 0.123. The van der Waals surface area contributed by atoms with Gasteiger partial charge in [0.15, 0.2) is 5.78 Å². The number of hydrogen-bond acceptors (Lipinski definition) is 4. The summed E-state index contributed by atoms with van der Waals surface area (Å²) in [5, 5.41) is 12.7. The van der Waals surface area contributed by atoms with E-state index in [9.17, 15) is 14.4 Å². The molecule has 1 heterocycles. The van der Waals surface area contributed by atoms with Gasteiger partial charge in [-0.15, -0.1) is 0 Å². The predicted octanol–water partition coefficient (Wildman–Crippen LogP) is 4.16. The van der Waals surface area contributed by atoms with Gasteiger partial charge in [-0.05, 0) is 50.8 Å². The molecule has 4 nitrogen and oxygen atoms in total. The summed E-state index contributed by atoms with van der Waals surface area (Å²) in [6.07, 6.45) is 1.89. The summed E-state index contributed by atoms with van der Waals surface area (Å²) < 4.78 is 13.4. The maximum Gasteiger partial charge on any atom is 0.176 e. The van der Waals surface area contributed by atoms with Crippen LogP contribution in [-0.2, 0) is 0 Å². The van der Waals surface area contributed by atoms with Crippen molar-refractivity contribution in [3.05, 3.63) is 65.5 Å². The Labute approximate surface area is 166 Å². The zero-order valence-electron chi connectivity index (χ0n) is 16.4. The zero-order chi connectivity index (χ0) is 20.1. The smallest absolute Gasteiger partial charge is 0.176 e. The maximum atomic E-state index is 13.4. The molecule has 1 aliphatic heterocycles. The van der Waals surface area contributed by atoms with Gasteiger partial charge >= 0.3 is 0 Å². The first kappa shape index (κ1) is 20.0. The third kappa shape index (κ3) is 4.58. The highest BCUT2D eigenvalue weighted by Gasteiger charge is 2.33. The normalized spacial score (nSPS) is 15.3. The van der Waals surface area contributed by atoms with Gasteiger partial charge in [-0.25, -0.2) is 4.39 Å². The van der Waals surface area contributed by atoms with Gasteiger partial charge in [0.2, 0.25) is 0 Å². The molecule has 0 atom stereocenters. The van der Waals surface area contributed by atoms with Gasteiger partial charge in [-0.3, -0.25) is 4.79 Å². The molecule has 5 heteroatoms. The molecule has 0 saturated carbocycles. The lowest BCUT2D eigenvalue weighted by molar-refractivity contribution is 0.0966. The highest BCUT2D eigenvalue weighted by atomic mass is 19.1. The molecule has 0 aliphatic carbocycles. The highest BCUT2D eigenvalue weighted by molar-refractivity contribution is 5.97. The molecule has 1 fully saturated rings. The van der Waals surface area contributed by atoms with Gasteiger partial charge in [0, 0.05) is 24.2 Å². The maximum absolute atomic E-state index is 13.4. The molecule has 146 valence electrons. The number of Topliss-reactive ketones (excluding diaryl/α,β-unsaturated/α-hetero) is 1. The van der Waals surface area contributed by atoms with E-state index in [4.69, 9.17) is 0 Å². The second-order valence-corrected chi connectivity index (χ2v) is 7.90. The molecule has 0 bridgehead atoms. The van der Waals surface area contributed by atoms with Crippen LogP contribution in [0, 0.1) is 23.1 Å².